The highest BCUT2D eigenvalue weighted by molar-refractivity contribution is 7.99. The highest BCUT2D eigenvalue weighted by Gasteiger charge is 2.19. The van der Waals surface area contributed by atoms with Crippen molar-refractivity contribution in [1.82, 2.24) is 14.8 Å². The number of benzene rings is 3. The number of aryl methyl sites for hydroxylation is 2. The fraction of sp³-hybridized carbons (Fsp3) is 0.125. The van der Waals surface area contributed by atoms with Gasteiger partial charge in [0, 0.05) is 17.7 Å². The lowest BCUT2D eigenvalue weighted by Crippen LogP contribution is -2.15. The summed E-state index contributed by atoms with van der Waals surface area (Å²) in [6.45, 7) is 4.04. The summed E-state index contributed by atoms with van der Waals surface area (Å²) < 4.78 is 15.9. The molecule has 0 aliphatic carbocycles. The molecule has 4 aromatic rings. The van der Waals surface area contributed by atoms with Gasteiger partial charge < -0.3 is 5.32 Å². The zero-order valence-corrected chi connectivity index (χ0v) is 19.2. The Morgan fingerprint density at radius 1 is 1.06 bits per heavy atom. The lowest BCUT2D eigenvalue weighted by molar-refractivity contribution is -0.384. The van der Waals surface area contributed by atoms with Crippen LogP contribution in [0.1, 0.15) is 11.1 Å². The van der Waals surface area contributed by atoms with E-state index in [9.17, 15) is 19.3 Å². The molecule has 172 valence electrons. The van der Waals surface area contributed by atoms with Crippen molar-refractivity contribution in [3.8, 4) is 17.1 Å². The van der Waals surface area contributed by atoms with Crippen LogP contribution in [0.3, 0.4) is 0 Å². The van der Waals surface area contributed by atoms with Gasteiger partial charge in [-0.25, -0.2) is 4.39 Å². The molecule has 0 aliphatic heterocycles. The number of nitro groups is 1. The number of hydrogen-bond donors (Lipinski definition) is 1. The fourth-order valence-corrected chi connectivity index (χ4v) is 4.03. The minimum atomic E-state index is -0.756. The second-order valence-electron chi connectivity index (χ2n) is 7.53. The van der Waals surface area contributed by atoms with Gasteiger partial charge in [-0.1, -0.05) is 48.2 Å². The smallest absolute Gasteiger partial charge is 0.271 e. The summed E-state index contributed by atoms with van der Waals surface area (Å²) in [6, 6.07) is 18.5. The zero-order chi connectivity index (χ0) is 24.2. The number of carbonyl (C=O) groups excluding carboxylic acids is 1. The average molecular weight is 478 g/mol. The lowest BCUT2D eigenvalue weighted by Gasteiger charge is -2.12. The predicted molar refractivity (Wildman–Crippen MR) is 129 cm³/mol. The number of nitro benzene ring substituents is 1. The molecule has 1 aromatic heterocycles. The number of amides is 1. The normalized spacial score (nSPS) is 10.8. The third-order valence-electron chi connectivity index (χ3n) is 5.18. The van der Waals surface area contributed by atoms with Gasteiger partial charge in [0.05, 0.1) is 22.1 Å². The number of hydrogen-bond acceptors (Lipinski definition) is 6. The van der Waals surface area contributed by atoms with Gasteiger partial charge in [0.2, 0.25) is 5.91 Å². The number of nitrogens with one attached hydrogen (secondary N) is 1. The Hall–Kier alpha value is -4.05. The van der Waals surface area contributed by atoms with Gasteiger partial charge in [-0.15, -0.1) is 10.2 Å². The molecule has 0 radical (unpaired) electrons. The average Bonchev–Trinajstić information content (AvgIpc) is 3.25. The Bertz CT molecular complexity index is 1370. The maximum atomic E-state index is 14.0. The van der Waals surface area contributed by atoms with Gasteiger partial charge in [-0.3, -0.25) is 19.5 Å². The van der Waals surface area contributed by atoms with Gasteiger partial charge in [0.25, 0.3) is 5.69 Å². The largest absolute Gasteiger partial charge is 0.323 e. The van der Waals surface area contributed by atoms with E-state index in [-0.39, 0.29) is 17.1 Å². The molecule has 0 spiro atoms. The van der Waals surface area contributed by atoms with Crippen molar-refractivity contribution in [2.75, 3.05) is 11.1 Å². The molecule has 10 heteroatoms. The molecule has 8 nitrogen and oxygen atoms in total. The van der Waals surface area contributed by atoms with Crippen LogP contribution in [0.25, 0.3) is 17.1 Å². The molecule has 1 N–H and O–H groups in total. The van der Waals surface area contributed by atoms with E-state index in [4.69, 9.17) is 0 Å². The topological polar surface area (TPSA) is 103 Å². The lowest BCUT2D eigenvalue weighted by atomic mass is 10.1. The Morgan fingerprint density at radius 2 is 1.82 bits per heavy atom. The number of carbonyl (C=O) groups is 1. The molecule has 4 rings (SSSR count). The number of non-ortho nitro benzene ring substituents is 1. The number of halogens is 1. The van der Waals surface area contributed by atoms with Crippen molar-refractivity contribution in [1.29, 1.82) is 0 Å². The Morgan fingerprint density at radius 3 is 2.53 bits per heavy atom. The Kier molecular flexibility index (Phi) is 6.69. The second-order valence-corrected chi connectivity index (χ2v) is 8.48. The molecule has 1 heterocycles. The van der Waals surface area contributed by atoms with Gasteiger partial charge in [0.1, 0.15) is 5.82 Å². The molecule has 0 aliphatic rings. The number of rotatable bonds is 7. The van der Waals surface area contributed by atoms with Gasteiger partial charge in [-0.05, 0) is 43.2 Å². The second kappa shape index (κ2) is 9.84. The summed E-state index contributed by atoms with van der Waals surface area (Å²) in [5.41, 5.74) is 3.39. The summed E-state index contributed by atoms with van der Waals surface area (Å²) in [5, 5.41) is 22.5. The molecule has 0 unspecified atom stereocenters. The Balaban J connectivity index is 1.60. The van der Waals surface area contributed by atoms with Crippen LogP contribution in [0.15, 0.2) is 71.9 Å². The van der Waals surface area contributed by atoms with Crippen LogP contribution < -0.4 is 5.32 Å². The number of anilines is 1. The molecule has 0 bridgehead atoms. The third kappa shape index (κ3) is 4.96. The maximum absolute atomic E-state index is 14.0. The summed E-state index contributed by atoms with van der Waals surface area (Å²) >= 11 is 1.13. The monoisotopic (exact) mass is 477 g/mol. The molecular formula is C24H20FN5O3S. The number of thioether (sulfide) groups is 1. The SMILES string of the molecule is Cc1ccc(-n2c(SCC(=O)Nc3cc([N+](=O)[O-])ccc3F)nnc2-c2ccccc2)cc1C. The van der Waals surface area contributed by atoms with E-state index in [0.29, 0.717) is 11.0 Å². The molecule has 0 fully saturated rings. The standard InChI is InChI=1S/C24H20FN5O3S/c1-15-8-9-18(12-16(15)2)29-23(17-6-4-3-5-7-17)27-28-24(29)34-14-22(31)26-21-13-19(30(32)33)10-11-20(21)25/h3-13H,14H2,1-2H3,(H,26,31). The van der Waals surface area contributed by atoms with E-state index in [1.807, 2.05) is 66.9 Å². The van der Waals surface area contributed by atoms with Gasteiger partial charge in [0.15, 0.2) is 11.0 Å². The van der Waals surface area contributed by atoms with Crippen molar-refractivity contribution < 1.29 is 14.1 Å². The Labute approximate surface area is 199 Å². The van der Waals surface area contributed by atoms with Crippen molar-refractivity contribution in [3.63, 3.8) is 0 Å². The quantitative estimate of drug-likeness (QED) is 0.219. The highest BCUT2D eigenvalue weighted by Crippen LogP contribution is 2.29. The van der Waals surface area contributed by atoms with Crippen LogP contribution in [0, 0.1) is 29.8 Å². The summed E-state index contributed by atoms with van der Waals surface area (Å²) in [6.07, 6.45) is 0. The van der Waals surface area contributed by atoms with Crippen LogP contribution in [0.4, 0.5) is 15.8 Å². The third-order valence-corrected chi connectivity index (χ3v) is 6.11. The van der Waals surface area contributed by atoms with Gasteiger partial charge >= 0.3 is 0 Å². The number of nitrogens with zero attached hydrogens (tertiary/aromatic N) is 4. The molecule has 1 amide bonds. The van der Waals surface area contributed by atoms with E-state index < -0.39 is 16.6 Å². The highest BCUT2D eigenvalue weighted by atomic mass is 32.2. The summed E-state index contributed by atoms with van der Waals surface area (Å²) in [5.74, 6) is -0.759. The zero-order valence-electron chi connectivity index (χ0n) is 18.4. The first-order valence-electron chi connectivity index (χ1n) is 10.3. The molecule has 34 heavy (non-hydrogen) atoms. The molecular weight excluding hydrogens is 457 g/mol. The van der Waals surface area contributed by atoms with Gasteiger partial charge in [-0.2, -0.15) is 0 Å². The van der Waals surface area contributed by atoms with Crippen LogP contribution in [-0.4, -0.2) is 31.3 Å². The van der Waals surface area contributed by atoms with Crippen LogP contribution in [0.5, 0.6) is 0 Å². The summed E-state index contributed by atoms with van der Waals surface area (Å²) in [7, 11) is 0. The number of aromatic nitrogens is 3. The van der Waals surface area contributed by atoms with E-state index in [1.165, 1.54) is 0 Å². The molecule has 0 atom stereocenters. The fourth-order valence-electron chi connectivity index (χ4n) is 3.27. The van der Waals surface area contributed by atoms with Crippen molar-refractivity contribution in [2.45, 2.75) is 19.0 Å². The minimum Gasteiger partial charge on any atom is -0.323 e. The molecule has 3 aromatic carbocycles. The van der Waals surface area contributed by atoms with Crippen LogP contribution >= 0.6 is 11.8 Å². The summed E-state index contributed by atoms with van der Waals surface area (Å²) in [4.78, 5) is 22.8. The van der Waals surface area contributed by atoms with E-state index >= 15 is 0 Å². The molecule has 0 saturated heterocycles. The first kappa shape index (κ1) is 23.1. The minimum absolute atomic E-state index is 0.0973. The van der Waals surface area contributed by atoms with Crippen LogP contribution in [0.2, 0.25) is 0 Å². The molecule has 0 saturated carbocycles. The van der Waals surface area contributed by atoms with E-state index in [1.54, 1.807) is 0 Å². The maximum Gasteiger partial charge on any atom is 0.271 e. The van der Waals surface area contributed by atoms with Crippen molar-refractivity contribution in [2.24, 2.45) is 0 Å². The van der Waals surface area contributed by atoms with E-state index in [2.05, 4.69) is 15.5 Å². The first-order chi connectivity index (χ1) is 16.3. The van der Waals surface area contributed by atoms with Crippen molar-refractivity contribution in [3.05, 3.63) is 93.8 Å². The first-order valence-corrected chi connectivity index (χ1v) is 11.3. The predicted octanol–water partition coefficient (Wildman–Crippen LogP) is 5.33. The van der Waals surface area contributed by atoms with E-state index in [0.717, 1.165) is 52.3 Å². The van der Waals surface area contributed by atoms with Crippen molar-refractivity contribution >= 4 is 29.0 Å². The van der Waals surface area contributed by atoms with Crippen LogP contribution in [-0.2, 0) is 4.79 Å².